The summed E-state index contributed by atoms with van der Waals surface area (Å²) in [7, 11) is 0. The van der Waals surface area contributed by atoms with E-state index in [4.69, 9.17) is 0 Å². The number of nitrogens with zero attached hydrogens (tertiary/aromatic N) is 10. The van der Waals surface area contributed by atoms with Gasteiger partial charge in [0.25, 0.3) is 23.6 Å². The molecule has 2 aromatic heterocycles. The van der Waals surface area contributed by atoms with Crippen molar-refractivity contribution >= 4 is 45.2 Å². The average molecular weight is 874 g/mol. The van der Waals surface area contributed by atoms with Gasteiger partial charge in [0, 0.05) is 116 Å². The van der Waals surface area contributed by atoms with Gasteiger partial charge in [-0.25, -0.2) is 9.36 Å². The van der Waals surface area contributed by atoms with E-state index < -0.39 is 0 Å². The molecule has 4 aromatic carbocycles. The van der Waals surface area contributed by atoms with Gasteiger partial charge >= 0.3 is 0 Å². The van der Waals surface area contributed by atoms with Gasteiger partial charge in [-0.1, -0.05) is 34.7 Å². The maximum atomic E-state index is 13.1. The number of aromatic nitrogens is 6. The summed E-state index contributed by atoms with van der Waals surface area (Å²) in [5, 5.41) is 28.2. The fraction of sp³-hybridized carbons (Fsp3) is 0.364. The number of benzene rings is 4. The zero-order chi connectivity index (χ0) is 41.3. The van der Waals surface area contributed by atoms with Gasteiger partial charge in [-0.05, 0) is 89.3 Å². The first-order valence-electron chi connectivity index (χ1n) is 20.9. The minimum absolute atomic E-state index is 0. The predicted octanol–water partition coefficient (Wildman–Crippen LogP) is 3.66. The van der Waals surface area contributed by atoms with Gasteiger partial charge in [0.2, 0.25) is 0 Å². The van der Waals surface area contributed by atoms with Crippen molar-refractivity contribution < 1.29 is 38.7 Å². The Morgan fingerprint density at radius 1 is 0.525 bits per heavy atom. The van der Waals surface area contributed by atoms with Crippen LogP contribution in [0, 0.1) is 0 Å². The van der Waals surface area contributed by atoms with Gasteiger partial charge in [-0.15, -0.1) is 10.2 Å². The van der Waals surface area contributed by atoms with Crippen molar-refractivity contribution in [3.05, 3.63) is 107 Å². The van der Waals surface area contributed by atoms with Crippen molar-refractivity contribution in [2.75, 3.05) is 65.4 Å². The Morgan fingerprint density at radius 3 is 1.34 bits per heavy atom. The maximum Gasteiger partial charge on any atom is 0.261 e. The zero-order valence-corrected chi connectivity index (χ0v) is 37.6. The molecule has 0 aliphatic carbocycles. The molecule has 16 nitrogen and oxygen atoms in total. The van der Waals surface area contributed by atoms with Crippen LogP contribution in [0.1, 0.15) is 79.5 Å². The van der Waals surface area contributed by atoms with Crippen LogP contribution in [0.25, 0.3) is 32.9 Å². The van der Waals surface area contributed by atoms with Crippen LogP contribution in [0.3, 0.4) is 0 Å². The molecular weight excluding hydrogens is 826 g/mol. The van der Waals surface area contributed by atoms with E-state index in [-0.39, 0.29) is 43.1 Å². The Bertz CT molecular complexity index is 2400. The number of nitrogens with one attached hydrogen (secondary N) is 2. The normalized spacial score (nSPS) is 17.3. The summed E-state index contributed by atoms with van der Waals surface area (Å²) in [5.74, 6) is -1.08. The number of carbonyl (C=O) groups excluding carboxylic acids is 4. The van der Waals surface area contributed by atoms with Crippen LogP contribution >= 0.6 is 0 Å². The molecular formula is C44H48N12O4Zn. The summed E-state index contributed by atoms with van der Waals surface area (Å²) < 4.78 is 3.49. The van der Waals surface area contributed by atoms with E-state index in [1.165, 1.54) is 9.80 Å². The quantitative estimate of drug-likeness (QED) is 0.169. The first-order chi connectivity index (χ1) is 29.3. The second-order valence-electron chi connectivity index (χ2n) is 15.5. The Labute approximate surface area is 366 Å². The van der Waals surface area contributed by atoms with Crippen molar-refractivity contribution in [3.63, 3.8) is 0 Å². The Morgan fingerprint density at radius 2 is 0.934 bits per heavy atom. The summed E-state index contributed by atoms with van der Waals surface area (Å²) in [5.41, 5.74) is 5.36. The van der Waals surface area contributed by atoms with Gasteiger partial charge in [0.05, 0.1) is 35.2 Å². The van der Waals surface area contributed by atoms with Crippen LogP contribution in [0.4, 0.5) is 0 Å². The number of rotatable bonds is 8. The number of hydrogen-bond acceptors (Lipinski definition) is 12. The van der Waals surface area contributed by atoms with E-state index in [9.17, 15) is 19.2 Å². The van der Waals surface area contributed by atoms with Crippen LogP contribution < -0.4 is 10.6 Å². The molecule has 3 aliphatic heterocycles. The zero-order valence-electron chi connectivity index (χ0n) is 34.6. The summed E-state index contributed by atoms with van der Waals surface area (Å²) in [4.78, 5) is 59.9. The standard InChI is InChI=1S/C44H48N12O4.Zn/c1-3-53-41(57)33-11-5-9-31-37(15-13-35(39(31)33)43(53)59)55-27-29(47-49-55)25-51-21-7-17-46-20-24-52(22-8-18-45-19-23-51)26-30-28-56(50-48-30)38-16-14-36-40-32(38)10-6-12-34(40)42(58)54(4-2)44(36)60;/h5-6,9-16,27-28,45-46H,3-4,7-8,17-26H2,1-2H3;. The van der Waals surface area contributed by atoms with Crippen molar-refractivity contribution in [2.45, 2.75) is 39.8 Å². The van der Waals surface area contributed by atoms with Gasteiger partial charge < -0.3 is 10.6 Å². The van der Waals surface area contributed by atoms with Crippen molar-refractivity contribution in [2.24, 2.45) is 0 Å². The van der Waals surface area contributed by atoms with Gasteiger partial charge in [-0.3, -0.25) is 38.8 Å². The van der Waals surface area contributed by atoms with Crippen LogP contribution in [0.5, 0.6) is 0 Å². The topological polar surface area (TPSA) is 167 Å². The van der Waals surface area contributed by atoms with E-state index in [0.717, 1.165) is 98.7 Å². The molecule has 0 bridgehead atoms. The number of amides is 4. The smallest absolute Gasteiger partial charge is 0.261 e. The van der Waals surface area contributed by atoms with Gasteiger partial charge in [0.15, 0.2) is 0 Å². The maximum absolute atomic E-state index is 13.1. The van der Waals surface area contributed by atoms with Crippen molar-refractivity contribution in [1.29, 1.82) is 0 Å². The molecule has 17 heteroatoms. The molecule has 3 aliphatic rings. The first-order valence-corrected chi connectivity index (χ1v) is 20.9. The van der Waals surface area contributed by atoms with E-state index in [1.54, 1.807) is 33.6 Å². The molecule has 0 saturated carbocycles. The largest absolute Gasteiger partial charge is 0.315 e. The van der Waals surface area contributed by atoms with Crippen molar-refractivity contribution in [1.82, 2.24) is 60.2 Å². The van der Waals surface area contributed by atoms with Crippen molar-refractivity contribution in [3.8, 4) is 11.4 Å². The minimum Gasteiger partial charge on any atom is -0.315 e. The SMILES string of the molecule is CCN1C(=O)c2cccc3c(-n4cc(CN5CCCNCCN(Cc6cn(-c7ccc8c9c(cccc79)C(=O)N(CC)C8=O)nn6)CCCNCC5)nn4)ccc(c23)C1=O.[Zn]. The minimum atomic E-state index is -0.271. The van der Waals surface area contributed by atoms with E-state index in [1.807, 2.05) is 62.6 Å². The molecule has 9 rings (SSSR count). The molecule has 0 atom stereocenters. The average Bonchev–Trinajstić information content (AvgIpc) is 3.93. The summed E-state index contributed by atoms with van der Waals surface area (Å²) >= 11 is 0. The fourth-order valence-corrected chi connectivity index (χ4v) is 8.79. The number of hydrogen-bond donors (Lipinski definition) is 2. The van der Waals surface area contributed by atoms with Crippen LogP contribution in [-0.4, -0.2) is 139 Å². The molecule has 310 valence electrons. The van der Waals surface area contributed by atoms with E-state index in [0.29, 0.717) is 59.2 Å². The molecule has 6 aromatic rings. The predicted molar refractivity (Wildman–Crippen MR) is 225 cm³/mol. The third-order valence-corrected chi connectivity index (χ3v) is 11.8. The third-order valence-electron chi connectivity index (χ3n) is 11.8. The Kier molecular flexibility index (Phi) is 12.6. The molecule has 61 heavy (non-hydrogen) atoms. The molecule has 2 N–H and O–H groups in total. The molecule has 4 amide bonds. The summed E-state index contributed by atoms with van der Waals surface area (Å²) in [6.07, 6.45) is 5.82. The number of imide groups is 2. The van der Waals surface area contributed by atoms with Gasteiger partial charge in [-0.2, -0.15) is 0 Å². The van der Waals surface area contributed by atoms with E-state index >= 15 is 0 Å². The first kappa shape index (κ1) is 42.1. The molecule has 5 heterocycles. The number of carbonyl (C=O) groups is 4. The molecule has 0 spiro atoms. The van der Waals surface area contributed by atoms with Crippen LogP contribution in [0.2, 0.25) is 0 Å². The van der Waals surface area contributed by atoms with Gasteiger partial charge in [0.1, 0.15) is 0 Å². The molecule has 0 unspecified atom stereocenters. The van der Waals surface area contributed by atoms with Crippen LogP contribution in [-0.2, 0) is 32.6 Å². The second-order valence-corrected chi connectivity index (χ2v) is 15.5. The summed E-state index contributed by atoms with van der Waals surface area (Å²) in [6, 6.07) is 18.5. The molecule has 1 saturated heterocycles. The monoisotopic (exact) mass is 872 g/mol. The second kappa shape index (κ2) is 18.2. The van der Waals surface area contributed by atoms with E-state index in [2.05, 4.69) is 41.1 Å². The Balaban J connectivity index is 0.00000514. The fourth-order valence-electron chi connectivity index (χ4n) is 8.79. The Hall–Kier alpha value is -5.58. The molecule has 0 radical (unpaired) electrons. The third kappa shape index (κ3) is 8.04. The molecule has 1 fully saturated rings. The van der Waals surface area contributed by atoms with Crippen LogP contribution in [0.15, 0.2) is 73.1 Å². The summed E-state index contributed by atoms with van der Waals surface area (Å²) in [6.45, 7) is 12.5.